The molecular formula is C22H17ClN4O. The summed E-state index contributed by atoms with van der Waals surface area (Å²) in [5.74, 6) is 0.648. The highest BCUT2D eigenvalue weighted by Crippen LogP contribution is 2.34. The van der Waals surface area contributed by atoms with Crippen LogP contribution in [-0.2, 0) is 7.05 Å². The molecule has 0 saturated heterocycles. The van der Waals surface area contributed by atoms with Crippen LogP contribution < -0.4 is 4.74 Å². The van der Waals surface area contributed by atoms with Crippen molar-refractivity contribution >= 4 is 33.7 Å². The van der Waals surface area contributed by atoms with Crippen LogP contribution in [0.25, 0.3) is 44.3 Å². The molecule has 0 aliphatic heterocycles. The first-order valence-electron chi connectivity index (χ1n) is 8.86. The second kappa shape index (κ2) is 6.39. The van der Waals surface area contributed by atoms with Gasteiger partial charge < -0.3 is 14.3 Å². The molecule has 0 aliphatic carbocycles. The highest BCUT2D eigenvalue weighted by molar-refractivity contribution is 6.32. The van der Waals surface area contributed by atoms with E-state index in [-0.39, 0.29) is 0 Å². The molecule has 0 aliphatic rings. The van der Waals surface area contributed by atoms with E-state index in [1.54, 1.807) is 7.11 Å². The summed E-state index contributed by atoms with van der Waals surface area (Å²) in [5, 5.41) is 1.65. The smallest absolute Gasteiger partial charge is 0.138 e. The maximum Gasteiger partial charge on any atom is 0.138 e. The van der Waals surface area contributed by atoms with Crippen molar-refractivity contribution in [2.75, 3.05) is 7.11 Å². The Kier molecular flexibility index (Phi) is 3.84. The van der Waals surface area contributed by atoms with Gasteiger partial charge in [-0.2, -0.15) is 0 Å². The lowest BCUT2D eigenvalue weighted by molar-refractivity contribution is 0.415. The number of halogens is 1. The maximum atomic E-state index is 6.17. The highest BCUT2D eigenvalue weighted by atomic mass is 35.5. The number of ether oxygens (including phenoxy) is 1. The summed E-state index contributed by atoms with van der Waals surface area (Å²) in [7, 11) is 3.62. The van der Waals surface area contributed by atoms with Gasteiger partial charge in [0, 0.05) is 36.0 Å². The van der Waals surface area contributed by atoms with Crippen molar-refractivity contribution in [2.45, 2.75) is 0 Å². The van der Waals surface area contributed by atoms with E-state index in [0.717, 1.165) is 44.3 Å². The number of imidazole rings is 1. The lowest BCUT2D eigenvalue weighted by Crippen LogP contribution is -1.87. The van der Waals surface area contributed by atoms with Gasteiger partial charge in [0.25, 0.3) is 0 Å². The Bertz CT molecular complexity index is 1340. The zero-order valence-corrected chi connectivity index (χ0v) is 16.2. The summed E-state index contributed by atoms with van der Waals surface area (Å²) in [4.78, 5) is 12.3. The van der Waals surface area contributed by atoms with E-state index in [9.17, 15) is 0 Å². The van der Waals surface area contributed by atoms with Gasteiger partial charge in [-0.25, -0.2) is 9.97 Å². The molecular weight excluding hydrogens is 372 g/mol. The van der Waals surface area contributed by atoms with Gasteiger partial charge >= 0.3 is 0 Å². The monoisotopic (exact) mass is 388 g/mol. The molecule has 5 rings (SSSR count). The zero-order valence-electron chi connectivity index (χ0n) is 15.4. The quantitative estimate of drug-likeness (QED) is 0.447. The molecule has 6 heteroatoms. The molecule has 5 aromatic rings. The Balaban J connectivity index is 1.66. The number of nitrogens with one attached hydrogen (secondary N) is 1. The van der Waals surface area contributed by atoms with Crippen molar-refractivity contribution in [2.24, 2.45) is 7.05 Å². The molecule has 3 aromatic heterocycles. The average Bonchev–Trinajstić information content (AvgIpc) is 3.31. The van der Waals surface area contributed by atoms with Crippen molar-refractivity contribution in [3.63, 3.8) is 0 Å². The number of hydrogen-bond donors (Lipinski definition) is 1. The molecule has 0 amide bonds. The van der Waals surface area contributed by atoms with E-state index in [4.69, 9.17) is 16.3 Å². The summed E-state index contributed by atoms with van der Waals surface area (Å²) in [6.07, 6.45) is 5.69. The number of aryl methyl sites for hydroxylation is 1. The first kappa shape index (κ1) is 16.8. The van der Waals surface area contributed by atoms with Gasteiger partial charge in [-0.3, -0.25) is 0 Å². The number of pyridine rings is 1. The molecule has 2 aromatic carbocycles. The van der Waals surface area contributed by atoms with Crippen LogP contribution >= 0.6 is 11.6 Å². The summed E-state index contributed by atoms with van der Waals surface area (Å²) >= 11 is 6.17. The molecule has 0 atom stereocenters. The second-order valence-electron chi connectivity index (χ2n) is 6.73. The van der Waals surface area contributed by atoms with Gasteiger partial charge in [0.15, 0.2) is 0 Å². The van der Waals surface area contributed by atoms with Crippen LogP contribution in [0.1, 0.15) is 0 Å². The summed E-state index contributed by atoms with van der Waals surface area (Å²) in [6.45, 7) is 0. The van der Waals surface area contributed by atoms with E-state index in [1.165, 1.54) is 0 Å². The minimum atomic E-state index is 0.590. The summed E-state index contributed by atoms with van der Waals surface area (Å²) in [5.41, 5.74) is 7.17. The average molecular weight is 389 g/mol. The molecule has 28 heavy (non-hydrogen) atoms. The molecule has 1 N–H and O–H groups in total. The fraction of sp³-hybridized carbons (Fsp3) is 0.0909. The van der Waals surface area contributed by atoms with E-state index in [1.807, 2.05) is 54.6 Å². The maximum absolute atomic E-state index is 6.17. The Morgan fingerprint density at radius 1 is 1.00 bits per heavy atom. The number of fused-ring (bicyclic) bond motifs is 2. The van der Waals surface area contributed by atoms with Crippen molar-refractivity contribution < 1.29 is 4.74 Å². The topological polar surface area (TPSA) is 55.7 Å². The first-order chi connectivity index (χ1) is 13.6. The molecule has 0 radical (unpaired) electrons. The minimum absolute atomic E-state index is 0.590. The van der Waals surface area contributed by atoms with E-state index in [2.05, 4.69) is 33.2 Å². The normalized spacial score (nSPS) is 11.4. The number of rotatable bonds is 3. The first-order valence-corrected chi connectivity index (χ1v) is 9.24. The largest absolute Gasteiger partial charge is 0.495 e. The van der Waals surface area contributed by atoms with Gasteiger partial charge in [0.2, 0.25) is 0 Å². The fourth-order valence-electron chi connectivity index (χ4n) is 3.53. The molecule has 138 valence electrons. The number of aromatic amines is 1. The minimum Gasteiger partial charge on any atom is -0.495 e. The SMILES string of the molecule is COc1cc(-c2cnc3[nH]cc(-c4ccc5ncn(C)c5c4)c3c2)ccc1Cl. The Hall–Kier alpha value is -3.31. The molecule has 5 nitrogen and oxygen atoms in total. The van der Waals surface area contributed by atoms with Crippen LogP contribution in [-0.4, -0.2) is 26.6 Å². The third-order valence-corrected chi connectivity index (χ3v) is 5.36. The standard InChI is InChI=1S/C22H17ClN4O/c1-27-12-26-19-6-4-14(8-20(19)27)17-11-25-22-16(17)7-15(10-24-22)13-3-5-18(23)21(9-13)28-2/h3-12H,1-2H3,(H,24,25). The van der Waals surface area contributed by atoms with E-state index < -0.39 is 0 Å². The van der Waals surface area contributed by atoms with Gasteiger partial charge in [0.1, 0.15) is 11.4 Å². The lowest BCUT2D eigenvalue weighted by Gasteiger charge is -2.07. The Labute approximate surface area is 166 Å². The molecule has 0 bridgehead atoms. The van der Waals surface area contributed by atoms with Crippen LogP contribution in [0, 0.1) is 0 Å². The third-order valence-electron chi connectivity index (χ3n) is 5.05. The number of nitrogens with zero attached hydrogens (tertiary/aromatic N) is 3. The van der Waals surface area contributed by atoms with Crippen molar-refractivity contribution in [3.8, 4) is 28.0 Å². The van der Waals surface area contributed by atoms with E-state index >= 15 is 0 Å². The lowest BCUT2D eigenvalue weighted by atomic mass is 10.0. The van der Waals surface area contributed by atoms with Gasteiger partial charge in [-0.05, 0) is 41.5 Å². The number of methoxy groups -OCH3 is 1. The van der Waals surface area contributed by atoms with Gasteiger partial charge in [-0.1, -0.05) is 23.7 Å². The Morgan fingerprint density at radius 3 is 2.71 bits per heavy atom. The zero-order chi connectivity index (χ0) is 19.3. The number of aromatic nitrogens is 4. The number of hydrogen-bond acceptors (Lipinski definition) is 3. The molecule has 0 unspecified atom stereocenters. The van der Waals surface area contributed by atoms with Gasteiger partial charge in [-0.15, -0.1) is 0 Å². The van der Waals surface area contributed by atoms with Gasteiger partial charge in [0.05, 0.1) is 29.5 Å². The van der Waals surface area contributed by atoms with Crippen molar-refractivity contribution in [3.05, 3.63) is 66.2 Å². The predicted octanol–water partition coefficient (Wildman–Crippen LogP) is 5.45. The molecule has 0 spiro atoms. The molecule has 0 saturated carbocycles. The number of H-pyrrole nitrogens is 1. The number of benzene rings is 2. The second-order valence-corrected chi connectivity index (χ2v) is 7.14. The predicted molar refractivity (Wildman–Crippen MR) is 113 cm³/mol. The molecule has 0 fully saturated rings. The van der Waals surface area contributed by atoms with Crippen molar-refractivity contribution in [1.29, 1.82) is 0 Å². The third kappa shape index (κ3) is 2.63. The Morgan fingerprint density at radius 2 is 1.86 bits per heavy atom. The van der Waals surface area contributed by atoms with Crippen LogP contribution in [0.3, 0.4) is 0 Å². The van der Waals surface area contributed by atoms with Crippen molar-refractivity contribution in [1.82, 2.24) is 19.5 Å². The highest BCUT2D eigenvalue weighted by Gasteiger charge is 2.12. The fourth-order valence-corrected chi connectivity index (χ4v) is 3.73. The van der Waals surface area contributed by atoms with Crippen LogP contribution in [0.2, 0.25) is 5.02 Å². The summed E-state index contributed by atoms with van der Waals surface area (Å²) < 4.78 is 7.38. The summed E-state index contributed by atoms with van der Waals surface area (Å²) in [6, 6.07) is 14.2. The molecule has 3 heterocycles. The van der Waals surface area contributed by atoms with Crippen LogP contribution in [0.5, 0.6) is 5.75 Å². The van der Waals surface area contributed by atoms with E-state index in [0.29, 0.717) is 10.8 Å². The van der Waals surface area contributed by atoms with Crippen LogP contribution in [0.15, 0.2) is 61.2 Å². The van der Waals surface area contributed by atoms with Crippen LogP contribution in [0.4, 0.5) is 0 Å².